The second kappa shape index (κ2) is 3.78. The molecule has 18 heavy (non-hydrogen) atoms. The maximum absolute atomic E-state index is 11.8. The van der Waals surface area contributed by atoms with Crippen molar-refractivity contribution < 1.29 is 8.42 Å². The molecule has 0 radical (unpaired) electrons. The number of aromatic nitrogens is 3. The third-order valence-corrected chi connectivity index (χ3v) is 5.04. The molecule has 0 aromatic carbocycles. The molecule has 2 rings (SSSR count). The van der Waals surface area contributed by atoms with Crippen molar-refractivity contribution in [3.63, 3.8) is 0 Å². The number of nitrogens with zero attached hydrogens (tertiary/aromatic N) is 4. The highest BCUT2D eigenvalue weighted by molar-refractivity contribution is 7.91. The van der Waals surface area contributed by atoms with Crippen molar-refractivity contribution in [3.8, 4) is 6.07 Å². The van der Waals surface area contributed by atoms with Crippen LogP contribution in [-0.2, 0) is 14.6 Å². The minimum atomic E-state index is -3.32. The van der Waals surface area contributed by atoms with Crippen LogP contribution in [0.4, 0.5) is 0 Å². The van der Waals surface area contributed by atoms with E-state index in [1.165, 1.54) is 0 Å². The number of fused-ring (bicyclic) bond motifs is 1. The van der Waals surface area contributed by atoms with Crippen LogP contribution >= 0.6 is 0 Å². The first-order valence-electron chi connectivity index (χ1n) is 5.22. The van der Waals surface area contributed by atoms with Crippen molar-refractivity contribution >= 4 is 15.5 Å². The Hall–Kier alpha value is -1.94. The van der Waals surface area contributed by atoms with Gasteiger partial charge in [0.25, 0.3) is 0 Å². The van der Waals surface area contributed by atoms with E-state index >= 15 is 0 Å². The quantitative estimate of drug-likeness (QED) is 0.803. The SMILES string of the molecule is CC(C)(c1nnc2cc(C#N)ccn12)S(C)(=O)=O. The van der Waals surface area contributed by atoms with Crippen LogP contribution in [0.1, 0.15) is 25.2 Å². The zero-order chi connectivity index (χ0) is 13.6. The lowest BCUT2D eigenvalue weighted by Gasteiger charge is -2.20. The summed E-state index contributed by atoms with van der Waals surface area (Å²) in [4.78, 5) is 0. The summed E-state index contributed by atoms with van der Waals surface area (Å²) in [6.45, 7) is 3.16. The molecular formula is C11H12N4O2S. The van der Waals surface area contributed by atoms with E-state index in [1.54, 1.807) is 36.6 Å². The van der Waals surface area contributed by atoms with Crippen LogP contribution in [0.5, 0.6) is 0 Å². The average Bonchev–Trinajstić information content (AvgIpc) is 2.70. The third kappa shape index (κ3) is 1.75. The van der Waals surface area contributed by atoms with Crippen molar-refractivity contribution in [1.29, 1.82) is 5.26 Å². The van der Waals surface area contributed by atoms with Gasteiger partial charge < -0.3 is 0 Å². The highest BCUT2D eigenvalue weighted by atomic mass is 32.2. The van der Waals surface area contributed by atoms with Crippen molar-refractivity contribution in [2.75, 3.05) is 6.26 Å². The zero-order valence-electron chi connectivity index (χ0n) is 10.2. The van der Waals surface area contributed by atoms with Crippen molar-refractivity contribution in [3.05, 3.63) is 29.7 Å². The van der Waals surface area contributed by atoms with Gasteiger partial charge in [0.1, 0.15) is 4.75 Å². The van der Waals surface area contributed by atoms with Gasteiger partial charge in [-0.1, -0.05) is 0 Å². The minimum Gasteiger partial charge on any atom is -0.285 e. The number of pyridine rings is 1. The molecule has 2 aromatic heterocycles. The summed E-state index contributed by atoms with van der Waals surface area (Å²) in [5.74, 6) is 0.337. The average molecular weight is 264 g/mol. The maximum Gasteiger partial charge on any atom is 0.162 e. The summed E-state index contributed by atoms with van der Waals surface area (Å²) in [7, 11) is -3.32. The summed E-state index contributed by atoms with van der Waals surface area (Å²) in [5.41, 5.74) is 0.916. The van der Waals surface area contributed by atoms with Crippen LogP contribution < -0.4 is 0 Å². The fourth-order valence-electron chi connectivity index (χ4n) is 1.54. The van der Waals surface area contributed by atoms with Crippen molar-refractivity contribution in [2.45, 2.75) is 18.6 Å². The largest absolute Gasteiger partial charge is 0.285 e. The molecule has 0 atom stereocenters. The number of rotatable bonds is 2. The molecule has 0 aliphatic rings. The molecule has 0 saturated carbocycles. The highest BCUT2D eigenvalue weighted by Crippen LogP contribution is 2.27. The molecule has 7 heteroatoms. The van der Waals surface area contributed by atoms with Crippen LogP contribution in [0.15, 0.2) is 18.3 Å². The van der Waals surface area contributed by atoms with Gasteiger partial charge in [0.05, 0.1) is 11.6 Å². The molecule has 0 unspecified atom stereocenters. The molecule has 0 aliphatic carbocycles. The predicted molar refractivity (Wildman–Crippen MR) is 65.6 cm³/mol. The van der Waals surface area contributed by atoms with E-state index in [-0.39, 0.29) is 0 Å². The molecule has 0 fully saturated rings. The zero-order valence-corrected chi connectivity index (χ0v) is 11.1. The van der Waals surface area contributed by atoms with Crippen molar-refractivity contribution in [2.24, 2.45) is 0 Å². The Labute approximate surface area is 105 Å². The van der Waals surface area contributed by atoms with Gasteiger partial charge in [0.15, 0.2) is 21.3 Å². The summed E-state index contributed by atoms with van der Waals surface area (Å²) >= 11 is 0. The Morgan fingerprint density at radius 1 is 1.39 bits per heavy atom. The number of nitriles is 1. The third-order valence-electron chi connectivity index (χ3n) is 3.00. The fraction of sp³-hybridized carbons (Fsp3) is 0.364. The van der Waals surface area contributed by atoms with Gasteiger partial charge in [-0.2, -0.15) is 5.26 Å². The van der Waals surface area contributed by atoms with Crippen LogP contribution in [0, 0.1) is 11.3 Å². The second-order valence-corrected chi connectivity index (χ2v) is 7.13. The number of hydrogen-bond acceptors (Lipinski definition) is 5. The molecule has 2 heterocycles. The molecular weight excluding hydrogens is 252 g/mol. The number of hydrogen-bond donors (Lipinski definition) is 0. The topological polar surface area (TPSA) is 88.1 Å². The second-order valence-electron chi connectivity index (χ2n) is 4.56. The fourth-order valence-corrected chi connectivity index (χ4v) is 2.01. The van der Waals surface area contributed by atoms with Gasteiger partial charge in [-0.25, -0.2) is 8.42 Å². The molecule has 0 saturated heterocycles. The summed E-state index contributed by atoms with van der Waals surface area (Å²) in [5, 5.41) is 16.6. The van der Waals surface area contributed by atoms with Gasteiger partial charge in [-0.3, -0.25) is 4.40 Å². The summed E-state index contributed by atoms with van der Waals surface area (Å²) < 4.78 is 24.0. The van der Waals surface area contributed by atoms with E-state index < -0.39 is 14.6 Å². The lowest BCUT2D eigenvalue weighted by Crippen LogP contribution is -2.30. The molecule has 0 N–H and O–H groups in total. The Morgan fingerprint density at radius 2 is 2.06 bits per heavy atom. The van der Waals surface area contributed by atoms with Gasteiger partial charge in [-0.15, -0.1) is 10.2 Å². The standard InChI is InChI=1S/C11H12N4O2S/c1-11(2,18(3,16)17)10-14-13-9-6-8(7-12)4-5-15(9)10/h4-6H,1-3H3. The van der Waals surface area contributed by atoms with E-state index in [9.17, 15) is 8.42 Å². The van der Waals surface area contributed by atoms with Gasteiger partial charge in [0, 0.05) is 18.5 Å². The van der Waals surface area contributed by atoms with Crippen LogP contribution in [0.3, 0.4) is 0 Å². The van der Waals surface area contributed by atoms with E-state index in [4.69, 9.17) is 5.26 Å². The Morgan fingerprint density at radius 3 is 2.61 bits per heavy atom. The highest BCUT2D eigenvalue weighted by Gasteiger charge is 2.37. The van der Waals surface area contributed by atoms with Crippen molar-refractivity contribution in [1.82, 2.24) is 14.6 Å². The normalized spacial score (nSPS) is 12.6. The van der Waals surface area contributed by atoms with E-state index in [2.05, 4.69) is 10.2 Å². The summed E-state index contributed by atoms with van der Waals surface area (Å²) in [6, 6.07) is 5.16. The molecule has 0 spiro atoms. The Bertz CT molecular complexity index is 753. The van der Waals surface area contributed by atoms with E-state index in [0.29, 0.717) is 17.0 Å². The molecule has 0 aliphatic heterocycles. The first-order chi connectivity index (χ1) is 8.27. The first kappa shape index (κ1) is 12.5. The van der Waals surface area contributed by atoms with Crippen LogP contribution in [0.2, 0.25) is 0 Å². The summed E-state index contributed by atoms with van der Waals surface area (Å²) in [6.07, 6.45) is 2.77. The van der Waals surface area contributed by atoms with E-state index in [1.807, 2.05) is 6.07 Å². The first-order valence-corrected chi connectivity index (χ1v) is 7.11. The lowest BCUT2D eigenvalue weighted by atomic mass is 10.2. The van der Waals surface area contributed by atoms with Gasteiger partial charge >= 0.3 is 0 Å². The predicted octanol–water partition coefficient (Wildman–Crippen LogP) is 0.881. The molecule has 0 bridgehead atoms. The van der Waals surface area contributed by atoms with Gasteiger partial charge in [-0.05, 0) is 19.9 Å². The number of sulfone groups is 1. The Kier molecular flexibility index (Phi) is 2.63. The van der Waals surface area contributed by atoms with E-state index in [0.717, 1.165) is 6.26 Å². The molecule has 6 nitrogen and oxygen atoms in total. The maximum atomic E-state index is 11.8. The smallest absolute Gasteiger partial charge is 0.162 e. The lowest BCUT2D eigenvalue weighted by molar-refractivity contribution is 0.547. The van der Waals surface area contributed by atoms with Crippen LogP contribution in [0.25, 0.3) is 5.65 Å². The van der Waals surface area contributed by atoms with Crippen LogP contribution in [-0.4, -0.2) is 29.3 Å². The van der Waals surface area contributed by atoms with Gasteiger partial charge in [0.2, 0.25) is 0 Å². The Balaban J connectivity index is 2.72. The minimum absolute atomic E-state index is 0.337. The molecule has 94 valence electrons. The monoisotopic (exact) mass is 264 g/mol. The molecule has 0 amide bonds. The molecule has 2 aromatic rings.